The molecule has 2 fully saturated rings. The Labute approximate surface area is 105 Å². The van der Waals surface area contributed by atoms with Crippen molar-refractivity contribution in [2.75, 3.05) is 0 Å². The van der Waals surface area contributed by atoms with E-state index in [1.54, 1.807) is 12.1 Å². The monoisotopic (exact) mass is 246 g/mol. The summed E-state index contributed by atoms with van der Waals surface area (Å²) in [6.07, 6.45) is 4.51. The zero-order valence-electron chi connectivity index (χ0n) is 9.91. The molecule has 1 saturated carbocycles. The van der Waals surface area contributed by atoms with Crippen LogP contribution in [0, 0.1) is 10.1 Å². The Morgan fingerprint density at radius 1 is 1.28 bits per heavy atom. The van der Waals surface area contributed by atoms with Gasteiger partial charge in [0.05, 0.1) is 17.0 Å². The summed E-state index contributed by atoms with van der Waals surface area (Å²) < 4.78 is 0. The number of nitro benzene ring substituents is 1. The molecule has 2 unspecified atom stereocenters. The third kappa shape index (κ3) is 1.75. The Hall–Kier alpha value is -1.91. The van der Waals surface area contributed by atoms with Crippen LogP contribution in [0.2, 0.25) is 0 Å². The molecule has 1 aromatic carbocycles. The van der Waals surface area contributed by atoms with Gasteiger partial charge in [-0.3, -0.25) is 14.9 Å². The van der Waals surface area contributed by atoms with Crippen LogP contribution in [0.15, 0.2) is 24.3 Å². The number of benzene rings is 1. The maximum atomic E-state index is 12.3. The summed E-state index contributed by atoms with van der Waals surface area (Å²) in [5.41, 5.74) is 0.407. The fourth-order valence-corrected chi connectivity index (χ4v) is 2.91. The molecule has 1 aromatic rings. The zero-order chi connectivity index (χ0) is 12.7. The molecule has 0 N–H and O–H groups in total. The SMILES string of the molecule is O=C(c1cccc([N+](=O)[O-])c1)N1C2CCCCC21. The summed E-state index contributed by atoms with van der Waals surface area (Å²) in [5.74, 6) is -0.0596. The number of rotatable bonds is 2. The minimum Gasteiger partial charge on any atom is -0.329 e. The number of hydrogen-bond donors (Lipinski definition) is 0. The number of carbonyl (C=O) groups is 1. The number of likely N-dealkylation sites (tertiary alicyclic amines) is 1. The summed E-state index contributed by atoms with van der Waals surface area (Å²) in [7, 11) is 0. The molecule has 1 heterocycles. The van der Waals surface area contributed by atoms with Gasteiger partial charge in [-0.25, -0.2) is 0 Å². The van der Waals surface area contributed by atoms with Crippen LogP contribution in [0.1, 0.15) is 36.0 Å². The van der Waals surface area contributed by atoms with E-state index in [1.165, 1.54) is 25.0 Å². The van der Waals surface area contributed by atoms with Crippen molar-refractivity contribution in [2.45, 2.75) is 37.8 Å². The van der Waals surface area contributed by atoms with Crippen LogP contribution in [0.3, 0.4) is 0 Å². The third-order valence-electron chi connectivity index (χ3n) is 3.86. The van der Waals surface area contributed by atoms with E-state index < -0.39 is 4.92 Å². The number of hydrogen-bond acceptors (Lipinski definition) is 3. The van der Waals surface area contributed by atoms with Crippen molar-refractivity contribution in [3.63, 3.8) is 0 Å². The number of nitro groups is 1. The fourth-order valence-electron chi connectivity index (χ4n) is 2.91. The Kier molecular flexibility index (Phi) is 2.54. The highest BCUT2D eigenvalue weighted by Gasteiger charge is 2.51. The number of fused-ring (bicyclic) bond motifs is 1. The Bertz CT molecular complexity index is 503. The molecule has 1 aliphatic heterocycles. The molecule has 0 spiro atoms. The van der Waals surface area contributed by atoms with Gasteiger partial charge in [-0.2, -0.15) is 0 Å². The van der Waals surface area contributed by atoms with E-state index >= 15 is 0 Å². The molecule has 1 amide bonds. The Balaban J connectivity index is 1.81. The number of carbonyl (C=O) groups excluding carboxylic acids is 1. The Morgan fingerprint density at radius 2 is 1.94 bits per heavy atom. The van der Waals surface area contributed by atoms with Crippen LogP contribution in [-0.4, -0.2) is 27.8 Å². The highest BCUT2D eigenvalue weighted by Crippen LogP contribution is 2.41. The summed E-state index contributed by atoms with van der Waals surface area (Å²) in [6.45, 7) is 0. The lowest BCUT2D eigenvalue weighted by Gasteiger charge is -2.03. The van der Waals surface area contributed by atoms with Gasteiger partial charge in [0, 0.05) is 17.7 Å². The molecular weight excluding hydrogens is 232 g/mol. The van der Waals surface area contributed by atoms with E-state index in [1.807, 2.05) is 4.90 Å². The predicted molar refractivity (Wildman–Crippen MR) is 65.3 cm³/mol. The number of nitrogens with zero attached hydrogens (tertiary/aromatic N) is 2. The molecule has 5 heteroatoms. The Morgan fingerprint density at radius 3 is 2.56 bits per heavy atom. The summed E-state index contributed by atoms with van der Waals surface area (Å²) in [4.78, 5) is 24.4. The standard InChI is InChI=1S/C13H14N2O3/c16-13(14-11-6-1-2-7-12(11)14)9-4-3-5-10(8-9)15(17)18/h3-5,8,11-12H,1-2,6-7H2. The molecular formula is C13H14N2O3. The quantitative estimate of drug-likeness (QED) is 0.457. The summed E-state index contributed by atoms with van der Waals surface area (Å²) in [5, 5.41) is 10.7. The minimum absolute atomic E-state index is 0.0225. The number of non-ortho nitro benzene ring substituents is 1. The molecule has 1 aliphatic carbocycles. The summed E-state index contributed by atoms with van der Waals surface area (Å²) in [6, 6.07) is 6.76. The smallest absolute Gasteiger partial charge is 0.270 e. The van der Waals surface area contributed by atoms with Crippen molar-refractivity contribution in [3.8, 4) is 0 Å². The third-order valence-corrected chi connectivity index (χ3v) is 3.86. The molecule has 0 radical (unpaired) electrons. The molecule has 2 aliphatic rings. The van der Waals surface area contributed by atoms with E-state index in [0.717, 1.165) is 12.8 Å². The van der Waals surface area contributed by atoms with Crippen molar-refractivity contribution in [3.05, 3.63) is 39.9 Å². The largest absolute Gasteiger partial charge is 0.329 e. The lowest BCUT2D eigenvalue weighted by Crippen LogP contribution is -2.14. The lowest BCUT2D eigenvalue weighted by molar-refractivity contribution is -0.384. The average molecular weight is 246 g/mol. The van der Waals surface area contributed by atoms with Crippen molar-refractivity contribution < 1.29 is 9.72 Å². The average Bonchev–Trinajstić information content (AvgIpc) is 3.12. The van der Waals surface area contributed by atoms with Gasteiger partial charge in [0.25, 0.3) is 11.6 Å². The topological polar surface area (TPSA) is 63.2 Å². The normalized spacial score (nSPS) is 25.4. The minimum atomic E-state index is -0.466. The first-order valence-electron chi connectivity index (χ1n) is 6.25. The van der Waals surface area contributed by atoms with E-state index in [4.69, 9.17) is 0 Å². The van der Waals surface area contributed by atoms with Gasteiger partial charge in [-0.1, -0.05) is 18.9 Å². The van der Waals surface area contributed by atoms with Crippen molar-refractivity contribution >= 4 is 11.6 Å². The van der Waals surface area contributed by atoms with Crippen LogP contribution in [-0.2, 0) is 0 Å². The molecule has 2 atom stereocenters. The highest BCUT2D eigenvalue weighted by atomic mass is 16.6. The van der Waals surface area contributed by atoms with Crippen LogP contribution < -0.4 is 0 Å². The molecule has 18 heavy (non-hydrogen) atoms. The van der Waals surface area contributed by atoms with Crippen molar-refractivity contribution in [1.29, 1.82) is 0 Å². The highest BCUT2D eigenvalue weighted by molar-refractivity contribution is 5.97. The van der Waals surface area contributed by atoms with Crippen molar-refractivity contribution in [2.24, 2.45) is 0 Å². The van der Waals surface area contributed by atoms with Gasteiger partial charge in [-0.05, 0) is 18.9 Å². The second kappa shape index (κ2) is 4.08. The van der Waals surface area contributed by atoms with Gasteiger partial charge < -0.3 is 4.90 Å². The lowest BCUT2D eigenvalue weighted by atomic mass is 10.0. The van der Waals surface area contributed by atoms with Crippen LogP contribution in [0.4, 0.5) is 5.69 Å². The molecule has 0 aromatic heterocycles. The maximum Gasteiger partial charge on any atom is 0.270 e. The van der Waals surface area contributed by atoms with E-state index in [2.05, 4.69) is 0 Å². The predicted octanol–water partition coefficient (Wildman–Crippen LogP) is 2.36. The van der Waals surface area contributed by atoms with E-state index in [0.29, 0.717) is 17.6 Å². The fraction of sp³-hybridized carbons (Fsp3) is 0.462. The van der Waals surface area contributed by atoms with Gasteiger partial charge in [0.2, 0.25) is 0 Å². The first kappa shape index (κ1) is 11.2. The molecule has 1 saturated heterocycles. The maximum absolute atomic E-state index is 12.3. The molecule has 3 rings (SSSR count). The molecule has 94 valence electrons. The first-order chi connectivity index (χ1) is 8.68. The van der Waals surface area contributed by atoms with Crippen LogP contribution >= 0.6 is 0 Å². The van der Waals surface area contributed by atoms with E-state index in [-0.39, 0.29) is 11.6 Å². The summed E-state index contributed by atoms with van der Waals surface area (Å²) >= 11 is 0. The molecule has 0 bridgehead atoms. The second-order valence-corrected chi connectivity index (χ2v) is 4.94. The molecule has 5 nitrogen and oxygen atoms in total. The van der Waals surface area contributed by atoms with E-state index in [9.17, 15) is 14.9 Å². The zero-order valence-corrected chi connectivity index (χ0v) is 9.91. The second-order valence-electron chi connectivity index (χ2n) is 4.94. The van der Waals surface area contributed by atoms with Crippen LogP contribution in [0.5, 0.6) is 0 Å². The first-order valence-corrected chi connectivity index (χ1v) is 6.25. The van der Waals surface area contributed by atoms with Gasteiger partial charge >= 0.3 is 0 Å². The van der Waals surface area contributed by atoms with Gasteiger partial charge in [0.1, 0.15) is 0 Å². The van der Waals surface area contributed by atoms with Crippen LogP contribution in [0.25, 0.3) is 0 Å². The number of amides is 1. The van der Waals surface area contributed by atoms with Gasteiger partial charge in [0.15, 0.2) is 0 Å². The van der Waals surface area contributed by atoms with Gasteiger partial charge in [-0.15, -0.1) is 0 Å². The van der Waals surface area contributed by atoms with Crippen molar-refractivity contribution in [1.82, 2.24) is 4.90 Å².